The average molecular weight is 491 g/mol. The minimum Gasteiger partial charge on any atom is -0.493 e. The van der Waals surface area contributed by atoms with Crippen molar-refractivity contribution in [2.24, 2.45) is 0 Å². The molecule has 0 spiro atoms. The number of benzene rings is 2. The van der Waals surface area contributed by atoms with Crippen LogP contribution in [-0.4, -0.2) is 81.7 Å². The Morgan fingerprint density at radius 1 is 1.09 bits per heavy atom. The molecule has 2 N–H and O–H groups in total. The summed E-state index contributed by atoms with van der Waals surface area (Å²) >= 11 is 0. The van der Waals surface area contributed by atoms with Gasteiger partial charge < -0.3 is 25.0 Å². The van der Waals surface area contributed by atoms with Crippen LogP contribution >= 0.6 is 0 Å². The van der Waals surface area contributed by atoms with Crippen LogP contribution in [-0.2, 0) is 4.79 Å². The van der Waals surface area contributed by atoms with Crippen molar-refractivity contribution >= 4 is 11.8 Å². The first kappa shape index (κ1) is 26.4. The Kier molecular flexibility index (Phi) is 9.80. The summed E-state index contributed by atoms with van der Waals surface area (Å²) in [5, 5.41) is 5.35. The topological polar surface area (TPSA) is 83.1 Å². The molecular weight excluding hydrogens is 458 g/mol. The third kappa shape index (κ3) is 7.90. The number of nitrogens with one attached hydrogen (secondary N) is 2. The molecule has 8 nitrogen and oxygen atoms in total. The molecule has 1 unspecified atom stereocenters. The minimum atomic E-state index is -3.01. The van der Waals surface area contributed by atoms with Gasteiger partial charge >= 0.3 is 6.61 Å². The van der Waals surface area contributed by atoms with Crippen molar-refractivity contribution in [3.8, 4) is 11.5 Å². The number of likely N-dealkylation sites (N-methyl/N-ethyl adjacent to an activating group) is 1. The maximum Gasteiger partial charge on any atom is 0.387 e. The maximum absolute atomic E-state index is 12.4. The van der Waals surface area contributed by atoms with Crippen LogP contribution in [0.3, 0.4) is 0 Å². The Labute approximate surface area is 204 Å². The number of nitrogens with zero attached hydrogens (tertiary/aromatic N) is 2. The van der Waals surface area contributed by atoms with E-state index in [0.29, 0.717) is 12.6 Å². The molecule has 35 heavy (non-hydrogen) atoms. The van der Waals surface area contributed by atoms with Crippen molar-refractivity contribution in [3.63, 3.8) is 0 Å². The number of halogens is 2. The third-order valence-electron chi connectivity index (χ3n) is 5.87. The summed E-state index contributed by atoms with van der Waals surface area (Å²) in [5.41, 5.74) is 1.45. The van der Waals surface area contributed by atoms with Crippen molar-refractivity contribution < 1.29 is 27.8 Å². The van der Waals surface area contributed by atoms with Gasteiger partial charge in [0, 0.05) is 44.3 Å². The summed E-state index contributed by atoms with van der Waals surface area (Å²) in [6.07, 6.45) is 0.787. The second-order valence-electron chi connectivity index (χ2n) is 8.36. The Bertz CT molecular complexity index is 977. The quantitative estimate of drug-likeness (QED) is 0.471. The van der Waals surface area contributed by atoms with Gasteiger partial charge in [0.15, 0.2) is 11.5 Å². The summed E-state index contributed by atoms with van der Waals surface area (Å²) in [4.78, 5) is 29.3. The number of amides is 2. The normalized spacial score (nSPS) is 16.7. The molecule has 2 aromatic rings. The smallest absolute Gasteiger partial charge is 0.387 e. The van der Waals surface area contributed by atoms with Crippen molar-refractivity contribution in [2.45, 2.75) is 19.1 Å². The van der Waals surface area contributed by atoms with Gasteiger partial charge in [0.25, 0.3) is 5.91 Å². The number of alkyl halides is 2. The zero-order chi connectivity index (χ0) is 25.2. The highest BCUT2D eigenvalue weighted by molar-refractivity contribution is 5.97. The van der Waals surface area contributed by atoms with Gasteiger partial charge in [0.05, 0.1) is 13.7 Å². The lowest BCUT2D eigenvalue weighted by molar-refractivity contribution is -0.120. The molecule has 0 radical (unpaired) electrons. The van der Waals surface area contributed by atoms with Gasteiger partial charge in [-0.15, -0.1) is 0 Å². The molecule has 2 amide bonds. The predicted octanol–water partition coefficient (Wildman–Crippen LogP) is 2.52. The molecule has 1 heterocycles. The zero-order valence-corrected chi connectivity index (χ0v) is 20.0. The molecule has 0 aliphatic carbocycles. The Hall–Kier alpha value is -3.24. The van der Waals surface area contributed by atoms with Gasteiger partial charge in [-0.25, -0.2) is 0 Å². The Morgan fingerprint density at radius 2 is 1.86 bits per heavy atom. The molecule has 1 aliphatic heterocycles. The van der Waals surface area contributed by atoms with Gasteiger partial charge in [-0.2, -0.15) is 8.78 Å². The molecule has 1 saturated heterocycles. The molecule has 0 bridgehead atoms. The number of carbonyl (C=O) groups is 2. The number of ether oxygens (including phenoxy) is 2. The average Bonchev–Trinajstić information content (AvgIpc) is 2.86. The van der Waals surface area contributed by atoms with Crippen LogP contribution in [0.2, 0.25) is 0 Å². The van der Waals surface area contributed by atoms with E-state index in [1.165, 1.54) is 30.9 Å². The zero-order valence-electron chi connectivity index (χ0n) is 20.0. The molecule has 1 fully saturated rings. The number of piperazine rings is 1. The molecule has 2 aromatic carbocycles. The Morgan fingerprint density at radius 3 is 2.57 bits per heavy atom. The fourth-order valence-electron chi connectivity index (χ4n) is 4.05. The monoisotopic (exact) mass is 490 g/mol. The van der Waals surface area contributed by atoms with E-state index >= 15 is 0 Å². The molecule has 1 aliphatic rings. The number of rotatable bonds is 11. The largest absolute Gasteiger partial charge is 0.493 e. The molecule has 190 valence electrons. The van der Waals surface area contributed by atoms with E-state index in [-0.39, 0.29) is 29.5 Å². The number of hydrogen-bond donors (Lipinski definition) is 2. The van der Waals surface area contributed by atoms with Crippen LogP contribution in [0.25, 0.3) is 0 Å². The van der Waals surface area contributed by atoms with Crippen LogP contribution in [0.5, 0.6) is 11.5 Å². The van der Waals surface area contributed by atoms with Gasteiger partial charge in [0.1, 0.15) is 0 Å². The van der Waals surface area contributed by atoms with Crippen LogP contribution in [0.4, 0.5) is 8.78 Å². The van der Waals surface area contributed by atoms with Crippen LogP contribution < -0.4 is 20.1 Å². The van der Waals surface area contributed by atoms with Gasteiger partial charge in [0.2, 0.25) is 5.91 Å². The summed E-state index contributed by atoms with van der Waals surface area (Å²) < 4.78 is 34.2. The van der Waals surface area contributed by atoms with Gasteiger partial charge in [-0.3, -0.25) is 14.5 Å². The highest BCUT2D eigenvalue weighted by Crippen LogP contribution is 2.29. The molecular formula is C25H32F2N4O4. The number of carbonyl (C=O) groups excluding carboxylic acids is 2. The van der Waals surface area contributed by atoms with Crippen molar-refractivity contribution in [1.29, 1.82) is 0 Å². The lowest BCUT2D eigenvalue weighted by Crippen LogP contribution is -2.47. The van der Waals surface area contributed by atoms with Gasteiger partial charge in [-0.1, -0.05) is 30.3 Å². The van der Waals surface area contributed by atoms with E-state index in [4.69, 9.17) is 4.74 Å². The molecule has 0 saturated carbocycles. The maximum atomic E-state index is 12.4. The predicted molar refractivity (Wildman–Crippen MR) is 128 cm³/mol. The number of hydrogen-bond acceptors (Lipinski definition) is 6. The summed E-state index contributed by atoms with van der Waals surface area (Å²) in [6, 6.07) is 14.6. The fourth-order valence-corrected chi connectivity index (χ4v) is 4.05. The second kappa shape index (κ2) is 13.0. The van der Waals surface area contributed by atoms with E-state index in [9.17, 15) is 18.4 Å². The first-order chi connectivity index (χ1) is 16.9. The van der Waals surface area contributed by atoms with E-state index in [1.54, 1.807) is 0 Å². The fraction of sp³-hybridized carbons (Fsp3) is 0.440. The first-order valence-electron chi connectivity index (χ1n) is 11.5. The molecule has 10 heteroatoms. The third-order valence-corrected chi connectivity index (χ3v) is 5.87. The summed E-state index contributed by atoms with van der Waals surface area (Å²) in [5.74, 6) is -1.00. The van der Waals surface area contributed by atoms with Gasteiger partial charge in [-0.05, 0) is 37.2 Å². The molecule has 0 aromatic heterocycles. The molecule has 3 rings (SSSR count). The van der Waals surface area contributed by atoms with Crippen molar-refractivity contribution in [1.82, 2.24) is 20.4 Å². The van der Waals surface area contributed by atoms with E-state index in [1.807, 2.05) is 6.07 Å². The molecule has 1 atom stereocenters. The van der Waals surface area contributed by atoms with Crippen molar-refractivity contribution in [2.75, 3.05) is 53.4 Å². The lowest BCUT2D eigenvalue weighted by atomic mass is 10.0. The lowest BCUT2D eigenvalue weighted by Gasteiger charge is -2.40. The van der Waals surface area contributed by atoms with Crippen molar-refractivity contribution in [3.05, 3.63) is 59.7 Å². The standard InChI is InChI=1S/C25H32F2N4O4/c1-30-13-14-31(20(17-30)18-7-4-3-5-8-18)12-6-11-28-23(32)16-29-24(33)19-9-10-21(35-25(26)27)22(15-19)34-2/h3-5,7-10,15,20,25H,6,11-14,16-17H2,1-2H3,(H,28,32)(H,29,33). The minimum absolute atomic E-state index is 0.000106. The van der Waals surface area contributed by atoms with Crippen LogP contribution in [0.1, 0.15) is 28.4 Å². The Balaban J connectivity index is 1.41. The second-order valence-corrected chi connectivity index (χ2v) is 8.36. The number of methoxy groups -OCH3 is 1. The summed E-state index contributed by atoms with van der Waals surface area (Å²) in [7, 11) is 3.41. The van der Waals surface area contributed by atoms with Crippen LogP contribution in [0.15, 0.2) is 48.5 Å². The SMILES string of the molecule is COc1cc(C(=O)NCC(=O)NCCCN2CCN(C)CC2c2ccccc2)ccc1OC(F)F. The summed E-state index contributed by atoms with van der Waals surface area (Å²) in [6.45, 7) is 1.07. The van der Waals surface area contributed by atoms with E-state index in [0.717, 1.165) is 32.6 Å². The van der Waals surface area contributed by atoms with E-state index < -0.39 is 12.5 Å². The van der Waals surface area contributed by atoms with Crippen LogP contribution in [0, 0.1) is 0 Å². The highest BCUT2D eigenvalue weighted by atomic mass is 19.3. The van der Waals surface area contributed by atoms with E-state index in [2.05, 4.69) is 56.5 Å². The first-order valence-corrected chi connectivity index (χ1v) is 11.5. The highest BCUT2D eigenvalue weighted by Gasteiger charge is 2.26.